The number of ketones is 2. The molecule has 3 aromatic carbocycles. The Morgan fingerprint density at radius 2 is 1.04 bits per heavy atom. The Balaban J connectivity index is 1.28. The molecule has 0 atom stereocenters. The van der Waals surface area contributed by atoms with Gasteiger partial charge in [0.1, 0.15) is 32.7 Å². The zero-order valence-electron chi connectivity index (χ0n) is 44.8. The van der Waals surface area contributed by atoms with Gasteiger partial charge in [0.15, 0.2) is 26.7 Å². The third-order valence-corrected chi connectivity index (χ3v) is 18.5. The van der Waals surface area contributed by atoms with Crippen molar-refractivity contribution in [2.24, 2.45) is 31.3 Å². The monoisotopic (exact) mass is 1160 g/mol. The van der Waals surface area contributed by atoms with Crippen LogP contribution in [0.15, 0.2) is 90.0 Å². The van der Waals surface area contributed by atoms with Crippen molar-refractivity contribution < 1.29 is 45.0 Å². The van der Waals surface area contributed by atoms with Crippen LogP contribution in [-0.2, 0) is 38.8 Å². The number of hydrogen-bond donors (Lipinski definition) is 4. The molecule has 3 aromatic heterocycles. The van der Waals surface area contributed by atoms with Crippen LogP contribution >= 0.6 is 34.4 Å². The third kappa shape index (κ3) is 12.7. The van der Waals surface area contributed by atoms with Crippen LogP contribution in [0.3, 0.4) is 0 Å². The Bertz CT molecular complexity index is 3370. The predicted octanol–water partition coefficient (Wildman–Crippen LogP) is 13.1. The van der Waals surface area contributed by atoms with Crippen molar-refractivity contribution in [3.63, 3.8) is 0 Å². The lowest BCUT2D eigenvalue weighted by atomic mass is 9.76. The highest BCUT2D eigenvalue weighted by molar-refractivity contribution is 7.98. The second-order valence-electron chi connectivity index (χ2n) is 20.0. The molecule has 0 bridgehead atoms. The molecule has 2 aliphatic carbocycles. The lowest BCUT2D eigenvalue weighted by Crippen LogP contribution is -2.26. The number of ether oxygens (including phenoxy) is 2. The number of nitrogens with one attached hydrogen (secondary N) is 2. The van der Waals surface area contributed by atoms with Crippen LogP contribution in [0.1, 0.15) is 104 Å². The molecular formula is C52H61N11O10S5. The van der Waals surface area contributed by atoms with Crippen molar-refractivity contribution in [3.05, 3.63) is 81.0 Å². The molecule has 0 amide bonds. The van der Waals surface area contributed by atoms with E-state index in [1.807, 2.05) is 85.7 Å². The average Bonchev–Trinajstić information content (AvgIpc) is 3.95. The summed E-state index contributed by atoms with van der Waals surface area (Å²) in [6.07, 6.45) is 0.814. The number of carbonyl (C=O) groups excluding carboxylic acids is 2. The highest BCUT2D eigenvalue weighted by Gasteiger charge is 2.40. The minimum absolute atomic E-state index is 0.0309. The Labute approximate surface area is 465 Å². The number of aromatic nitrogens is 3. The van der Waals surface area contributed by atoms with Gasteiger partial charge in [0.2, 0.25) is 11.9 Å². The summed E-state index contributed by atoms with van der Waals surface area (Å²) >= 11 is 3.03. The predicted molar refractivity (Wildman–Crippen MR) is 305 cm³/mol. The molecule has 0 aliphatic heterocycles. The molecule has 4 N–H and O–H groups in total. The van der Waals surface area contributed by atoms with E-state index in [2.05, 4.69) is 40.9 Å². The van der Waals surface area contributed by atoms with Crippen molar-refractivity contribution in [2.45, 2.75) is 102 Å². The standard InChI is InChI=1S/C52H61N11O10S5/c1-11-62(12-2)36-20-32(34(22-40(36)72-9)58-60-46-44(77(66,67)68)30-24-51(5,6)26-38(64)42(30)75-46)53-48-55-49(57-50(56-48)74-28-29-18-16-15-17-19-29)54-33-21-37(63(13-3)14-4)41(73-10)23-35(33)59-61-47-45(78(69,70)71)31-25-52(7,8)27-39(65)43(31)76-47/h15-23H,11-14,24-28H2,1-10H3,(H,66,67,68)(H,69,70,71)(H2,53,54,55,56,57). The molecule has 0 saturated heterocycles. The van der Waals surface area contributed by atoms with Gasteiger partial charge in [-0.2, -0.15) is 31.8 Å². The fraction of sp³-hybridized carbons (Fsp3) is 0.404. The molecule has 21 nitrogen and oxygen atoms in total. The zero-order chi connectivity index (χ0) is 56.5. The highest BCUT2D eigenvalue weighted by Crippen LogP contribution is 2.50. The average molecular weight is 1160 g/mol. The van der Waals surface area contributed by atoms with Crippen LogP contribution < -0.4 is 29.9 Å². The number of nitrogens with zero attached hydrogens (tertiary/aromatic N) is 9. The number of rotatable bonds is 21. The van der Waals surface area contributed by atoms with E-state index in [0.29, 0.717) is 66.2 Å². The van der Waals surface area contributed by atoms with Crippen molar-refractivity contribution >= 4 is 122 Å². The van der Waals surface area contributed by atoms with Gasteiger partial charge in [-0.25, -0.2) is 0 Å². The first-order valence-corrected chi connectivity index (χ1v) is 30.5. The van der Waals surface area contributed by atoms with Crippen LogP contribution in [-0.4, -0.2) is 92.9 Å². The van der Waals surface area contributed by atoms with Gasteiger partial charge < -0.3 is 29.9 Å². The van der Waals surface area contributed by atoms with E-state index < -0.39 is 40.9 Å². The van der Waals surface area contributed by atoms with Gasteiger partial charge in [0.25, 0.3) is 20.2 Å². The normalized spacial score (nSPS) is 15.1. The van der Waals surface area contributed by atoms with Gasteiger partial charge in [-0.15, -0.1) is 43.1 Å². The van der Waals surface area contributed by atoms with Gasteiger partial charge in [-0.1, -0.05) is 69.8 Å². The Kier molecular flexibility index (Phi) is 17.1. The highest BCUT2D eigenvalue weighted by atomic mass is 32.2. The number of thiophene rings is 2. The van der Waals surface area contributed by atoms with E-state index in [-0.39, 0.29) is 96.6 Å². The number of benzene rings is 3. The molecule has 3 heterocycles. The van der Waals surface area contributed by atoms with Gasteiger partial charge in [0.05, 0.1) is 46.7 Å². The summed E-state index contributed by atoms with van der Waals surface area (Å²) in [5.41, 5.74) is 2.54. The third-order valence-electron chi connectivity index (χ3n) is 13.1. The van der Waals surface area contributed by atoms with E-state index in [1.54, 1.807) is 24.3 Å². The number of thioether (sulfide) groups is 1. The number of anilines is 6. The lowest BCUT2D eigenvalue weighted by Gasteiger charge is -2.28. The summed E-state index contributed by atoms with van der Waals surface area (Å²) < 4.78 is 84.9. The molecular weight excluding hydrogens is 1100 g/mol. The van der Waals surface area contributed by atoms with Crippen LogP contribution in [0.4, 0.5) is 56.0 Å². The molecule has 0 unspecified atom stereocenters. The maximum absolute atomic E-state index is 13.3. The molecule has 8 rings (SSSR count). The topological polar surface area (TPSA) is 280 Å². The fourth-order valence-corrected chi connectivity index (χ4v) is 14.8. The van der Waals surface area contributed by atoms with E-state index in [0.717, 1.165) is 28.2 Å². The van der Waals surface area contributed by atoms with Crippen molar-refractivity contribution in [3.8, 4) is 11.5 Å². The van der Waals surface area contributed by atoms with Crippen molar-refractivity contribution in [1.29, 1.82) is 0 Å². The number of methoxy groups -OCH3 is 2. The lowest BCUT2D eigenvalue weighted by molar-refractivity contribution is 0.0907. The van der Waals surface area contributed by atoms with Gasteiger partial charge in [-0.3, -0.25) is 18.7 Å². The van der Waals surface area contributed by atoms with Gasteiger partial charge in [-0.05, 0) is 80.2 Å². The van der Waals surface area contributed by atoms with Crippen LogP contribution in [0.5, 0.6) is 11.5 Å². The first kappa shape index (κ1) is 57.7. The molecule has 26 heteroatoms. The molecule has 414 valence electrons. The second-order valence-corrected chi connectivity index (χ2v) is 25.7. The molecule has 6 aromatic rings. The number of carbonyl (C=O) groups is 2. The maximum atomic E-state index is 13.3. The van der Waals surface area contributed by atoms with Gasteiger partial charge >= 0.3 is 0 Å². The first-order chi connectivity index (χ1) is 36.9. The minimum Gasteiger partial charge on any atom is -0.494 e. The Hall–Kier alpha value is -6.42. The summed E-state index contributed by atoms with van der Waals surface area (Å²) in [4.78, 5) is 44.8. The number of fused-ring (bicyclic) bond motifs is 2. The summed E-state index contributed by atoms with van der Waals surface area (Å²) in [5, 5.41) is 24.5. The van der Waals surface area contributed by atoms with E-state index >= 15 is 0 Å². The number of Topliss-reactive ketones (excluding diaryl/α,β-unsaturated/α-hetero) is 2. The molecule has 2 aliphatic rings. The smallest absolute Gasteiger partial charge is 0.297 e. The fourth-order valence-electron chi connectivity index (χ4n) is 9.55. The second kappa shape index (κ2) is 23.1. The quantitative estimate of drug-likeness (QED) is 0.0296. The number of hydrogen-bond acceptors (Lipinski definition) is 22. The summed E-state index contributed by atoms with van der Waals surface area (Å²) in [5.74, 6) is 0.848. The van der Waals surface area contributed by atoms with Crippen LogP contribution in [0.25, 0.3) is 0 Å². The summed E-state index contributed by atoms with van der Waals surface area (Å²) in [6.45, 7) is 17.7. The Morgan fingerprint density at radius 1 is 0.628 bits per heavy atom. The number of azo groups is 2. The largest absolute Gasteiger partial charge is 0.494 e. The Morgan fingerprint density at radius 3 is 1.41 bits per heavy atom. The maximum Gasteiger partial charge on any atom is 0.297 e. The zero-order valence-corrected chi connectivity index (χ0v) is 48.9. The molecule has 0 saturated carbocycles. The van der Waals surface area contributed by atoms with Crippen molar-refractivity contribution in [1.82, 2.24) is 15.0 Å². The first-order valence-electron chi connectivity index (χ1n) is 25.0. The van der Waals surface area contributed by atoms with Gasteiger partial charge in [0, 0.05) is 56.9 Å². The van der Waals surface area contributed by atoms with E-state index in [9.17, 15) is 35.5 Å². The van der Waals surface area contributed by atoms with Crippen molar-refractivity contribution in [2.75, 3.05) is 60.8 Å². The minimum atomic E-state index is -4.86. The van der Waals surface area contributed by atoms with E-state index in [1.165, 1.54) is 26.0 Å². The van der Waals surface area contributed by atoms with Crippen LogP contribution in [0.2, 0.25) is 0 Å². The SMILES string of the molecule is CCN(CC)c1cc(Nc2nc(Nc3cc(N(CC)CC)c(OC)cc3N=Nc3sc4c(c3S(=O)(=O)O)CC(C)(C)CC4=O)nc(SCc3ccccc3)n2)c(N=Nc2sc3c(c2S(=O)(=O)O)CC(C)(C)CC3=O)cc1OC. The molecule has 0 spiro atoms. The molecule has 0 radical (unpaired) electrons. The van der Waals surface area contributed by atoms with Crippen LogP contribution in [0, 0.1) is 10.8 Å². The molecule has 0 fully saturated rings. The summed E-state index contributed by atoms with van der Waals surface area (Å²) in [6, 6.07) is 16.5. The summed E-state index contributed by atoms with van der Waals surface area (Å²) in [7, 11) is -6.71. The molecule has 78 heavy (non-hydrogen) atoms. The van der Waals surface area contributed by atoms with E-state index in [4.69, 9.17) is 24.4 Å².